The van der Waals surface area contributed by atoms with Gasteiger partial charge in [-0.15, -0.1) is 11.3 Å². The zero-order valence-corrected chi connectivity index (χ0v) is 7.89. The lowest BCUT2D eigenvalue weighted by atomic mass is 10.2. The Morgan fingerprint density at radius 2 is 2.38 bits per heavy atom. The van der Waals surface area contributed by atoms with E-state index in [1.54, 1.807) is 12.3 Å². The number of carbonyl (C=O) groups is 1. The number of carboxylic acid groups (broad SMARTS) is 1. The van der Waals surface area contributed by atoms with Crippen molar-refractivity contribution in [2.75, 3.05) is 0 Å². The maximum Gasteiger partial charge on any atom is 0.339 e. The molecular weight excluding hydrogens is 210 g/mol. The highest BCUT2D eigenvalue weighted by Crippen LogP contribution is 2.27. The molecule has 0 radical (unpaired) electrons. The van der Waals surface area contributed by atoms with Gasteiger partial charge < -0.3 is 5.11 Å². The molecule has 2 aromatic rings. The van der Waals surface area contributed by atoms with Crippen LogP contribution in [0.2, 0.25) is 5.15 Å². The molecule has 0 spiro atoms. The van der Waals surface area contributed by atoms with Crippen molar-refractivity contribution in [3.63, 3.8) is 0 Å². The first-order valence-electron chi connectivity index (χ1n) is 3.45. The topological polar surface area (TPSA) is 50.2 Å². The van der Waals surface area contributed by atoms with E-state index in [0.29, 0.717) is 5.39 Å². The van der Waals surface area contributed by atoms with Crippen LogP contribution in [0.15, 0.2) is 17.6 Å². The Hall–Kier alpha value is -1.13. The van der Waals surface area contributed by atoms with E-state index in [2.05, 4.69) is 4.98 Å². The molecule has 66 valence electrons. The molecule has 0 fully saturated rings. The van der Waals surface area contributed by atoms with Gasteiger partial charge in [0.15, 0.2) is 0 Å². The van der Waals surface area contributed by atoms with Gasteiger partial charge in [-0.3, -0.25) is 0 Å². The Labute approximate surface area is 82.6 Å². The second kappa shape index (κ2) is 2.97. The van der Waals surface area contributed by atoms with Crippen LogP contribution in [-0.2, 0) is 0 Å². The number of nitrogens with zero attached hydrogens (tertiary/aromatic N) is 1. The lowest BCUT2D eigenvalue weighted by molar-refractivity contribution is 0.0699. The molecule has 3 nitrogen and oxygen atoms in total. The summed E-state index contributed by atoms with van der Waals surface area (Å²) in [5, 5.41) is 11.4. The fourth-order valence-electron chi connectivity index (χ4n) is 1.12. The third-order valence-corrected chi connectivity index (χ3v) is 2.82. The van der Waals surface area contributed by atoms with Crippen LogP contribution < -0.4 is 0 Å². The van der Waals surface area contributed by atoms with E-state index in [9.17, 15) is 4.79 Å². The van der Waals surface area contributed by atoms with Crippen molar-refractivity contribution < 1.29 is 9.90 Å². The summed E-state index contributed by atoms with van der Waals surface area (Å²) in [5.74, 6) is -1.04. The van der Waals surface area contributed by atoms with Gasteiger partial charge in [-0.25, -0.2) is 9.78 Å². The van der Waals surface area contributed by atoms with Crippen LogP contribution in [-0.4, -0.2) is 16.1 Å². The van der Waals surface area contributed by atoms with Crippen molar-refractivity contribution in [1.29, 1.82) is 0 Å². The van der Waals surface area contributed by atoms with Crippen LogP contribution >= 0.6 is 22.9 Å². The van der Waals surface area contributed by atoms with Gasteiger partial charge in [-0.05, 0) is 11.4 Å². The first-order valence-corrected chi connectivity index (χ1v) is 4.71. The lowest BCUT2D eigenvalue weighted by Gasteiger charge is -1.98. The summed E-state index contributed by atoms with van der Waals surface area (Å²) in [4.78, 5) is 14.6. The van der Waals surface area contributed by atoms with Crippen molar-refractivity contribution in [1.82, 2.24) is 4.98 Å². The van der Waals surface area contributed by atoms with E-state index in [4.69, 9.17) is 16.7 Å². The van der Waals surface area contributed by atoms with E-state index in [1.807, 2.05) is 5.38 Å². The monoisotopic (exact) mass is 213 g/mol. The molecule has 0 aliphatic heterocycles. The van der Waals surface area contributed by atoms with Crippen LogP contribution in [0.1, 0.15) is 10.4 Å². The van der Waals surface area contributed by atoms with Crippen LogP contribution in [0.4, 0.5) is 0 Å². The summed E-state index contributed by atoms with van der Waals surface area (Å²) in [5.41, 5.74) is 0.0837. The summed E-state index contributed by atoms with van der Waals surface area (Å²) in [6.45, 7) is 0. The molecular formula is C8H4ClNO2S. The van der Waals surface area contributed by atoms with Gasteiger partial charge in [-0.2, -0.15) is 0 Å². The zero-order chi connectivity index (χ0) is 9.42. The van der Waals surface area contributed by atoms with Crippen molar-refractivity contribution >= 4 is 39.0 Å². The van der Waals surface area contributed by atoms with Gasteiger partial charge >= 0.3 is 5.97 Å². The number of halogens is 1. The summed E-state index contributed by atoms with van der Waals surface area (Å²) >= 11 is 7.11. The van der Waals surface area contributed by atoms with Crippen LogP contribution in [0.25, 0.3) is 10.1 Å². The van der Waals surface area contributed by atoms with Crippen LogP contribution in [0.3, 0.4) is 0 Å². The highest BCUT2D eigenvalue weighted by Gasteiger charge is 2.14. The third-order valence-electron chi connectivity index (χ3n) is 1.68. The number of hydrogen-bond donors (Lipinski definition) is 1. The normalized spacial score (nSPS) is 10.5. The number of aromatic carboxylic acids is 1. The molecule has 1 N–H and O–H groups in total. The van der Waals surface area contributed by atoms with Gasteiger partial charge in [0.1, 0.15) is 10.7 Å². The summed E-state index contributed by atoms with van der Waals surface area (Å²) < 4.78 is 0.835. The second-order valence-corrected chi connectivity index (χ2v) is 3.73. The zero-order valence-electron chi connectivity index (χ0n) is 6.32. The molecule has 0 aliphatic rings. The van der Waals surface area contributed by atoms with Gasteiger partial charge in [0, 0.05) is 11.6 Å². The number of hydrogen-bond acceptors (Lipinski definition) is 3. The average molecular weight is 214 g/mol. The minimum absolute atomic E-state index is 0.0402. The molecule has 0 unspecified atom stereocenters. The third kappa shape index (κ3) is 1.28. The highest BCUT2D eigenvalue weighted by atomic mass is 35.5. The largest absolute Gasteiger partial charge is 0.478 e. The number of pyridine rings is 1. The summed E-state index contributed by atoms with van der Waals surface area (Å²) in [6, 6.07) is 1.73. The minimum Gasteiger partial charge on any atom is -0.478 e. The Kier molecular flexibility index (Phi) is 1.94. The van der Waals surface area contributed by atoms with Gasteiger partial charge in [0.25, 0.3) is 0 Å². The molecule has 13 heavy (non-hydrogen) atoms. The highest BCUT2D eigenvalue weighted by molar-refractivity contribution is 7.17. The second-order valence-electron chi connectivity index (χ2n) is 2.43. The molecule has 0 aliphatic carbocycles. The fraction of sp³-hybridized carbons (Fsp3) is 0. The first kappa shape index (κ1) is 8.47. The van der Waals surface area contributed by atoms with E-state index in [0.717, 1.165) is 4.70 Å². The maximum atomic E-state index is 10.8. The van der Waals surface area contributed by atoms with Gasteiger partial charge in [0.2, 0.25) is 0 Å². The Morgan fingerprint density at radius 1 is 1.62 bits per heavy atom. The number of carboxylic acids is 1. The number of fused-ring (bicyclic) bond motifs is 1. The van der Waals surface area contributed by atoms with E-state index >= 15 is 0 Å². The molecule has 0 bridgehead atoms. The molecule has 0 aromatic carbocycles. The van der Waals surface area contributed by atoms with Crippen LogP contribution in [0.5, 0.6) is 0 Å². The van der Waals surface area contributed by atoms with Gasteiger partial charge in [0.05, 0.1) is 4.70 Å². The van der Waals surface area contributed by atoms with Crippen LogP contribution in [0, 0.1) is 0 Å². The van der Waals surface area contributed by atoms with Gasteiger partial charge in [-0.1, -0.05) is 11.6 Å². The molecule has 2 heterocycles. The van der Waals surface area contributed by atoms with E-state index in [1.165, 1.54) is 11.3 Å². The number of rotatable bonds is 1. The number of thiophene rings is 1. The standard InChI is InChI=1S/C8H4ClNO2S/c9-7-6(8(11)12)4-1-2-13-5(4)3-10-7/h1-3H,(H,11,12). The SMILES string of the molecule is O=C(O)c1c(Cl)ncc2sccc12. The van der Waals surface area contributed by atoms with E-state index in [-0.39, 0.29) is 10.7 Å². The maximum absolute atomic E-state index is 10.8. The summed E-state index contributed by atoms with van der Waals surface area (Å²) in [6.07, 6.45) is 1.58. The Morgan fingerprint density at radius 3 is 3.08 bits per heavy atom. The molecule has 0 atom stereocenters. The smallest absolute Gasteiger partial charge is 0.339 e. The molecule has 0 saturated heterocycles. The predicted molar refractivity (Wildman–Crippen MR) is 51.6 cm³/mol. The minimum atomic E-state index is -1.04. The van der Waals surface area contributed by atoms with Crippen molar-refractivity contribution in [2.45, 2.75) is 0 Å². The van der Waals surface area contributed by atoms with Crippen molar-refractivity contribution in [3.05, 3.63) is 28.4 Å². The Bertz CT molecular complexity index is 480. The van der Waals surface area contributed by atoms with Crippen molar-refractivity contribution in [3.8, 4) is 0 Å². The molecule has 0 amide bonds. The quantitative estimate of drug-likeness (QED) is 0.741. The molecule has 2 rings (SSSR count). The lowest BCUT2D eigenvalue weighted by Crippen LogP contribution is -1.99. The molecule has 5 heteroatoms. The van der Waals surface area contributed by atoms with E-state index < -0.39 is 5.97 Å². The predicted octanol–water partition coefficient (Wildman–Crippen LogP) is 2.65. The first-order chi connectivity index (χ1) is 6.20. The Balaban J connectivity index is 2.88. The average Bonchev–Trinajstić information content (AvgIpc) is 2.50. The fourth-order valence-corrected chi connectivity index (χ4v) is 2.11. The van der Waals surface area contributed by atoms with Crippen molar-refractivity contribution in [2.24, 2.45) is 0 Å². The number of aromatic nitrogens is 1. The molecule has 2 aromatic heterocycles. The molecule has 0 saturated carbocycles. The summed E-state index contributed by atoms with van der Waals surface area (Å²) in [7, 11) is 0.